The predicted molar refractivity (Wildman–Crippen MR) is 73.8 cm³/mol. The van der Waals surface area contributed by atoms with Crippen LogP contribution in [0.1, 0.15) is 19.3 Å². The number of aromatic nitrogens is 1. The van der Waals surface area contributed by atoms with Crippen LogP contribution in [-0.4, -0.2) is 23.5 Å². The van der Waals surface area contributed by atoms with Gasteiger partial charge in [0.25, 0.3) is 0 Å². The molecule has 0 aliphatic carbocycles. The molecule has 1 aliphatic rings. The highest BCUT2D eigenvalue weighted by Gasteiger charge is 2.13. The summed E-state index contributed by atoms with van der Waals surface area (Å²) >= 11 is 1.56. The third kappa shape index (κ3) is 2.42. The second-order valence-electron chi connectivity index (χ2n) is 4.56. The number of rotatable bonds is 3. The van der Waals surface area contributed by atoms with Crippen molar-refractivity contribution in [2.75, 3.05) is 18.4 Å². The van der Waals surface area contributed by atoms with Gasteiger partial charge in [-0.15, -0.1) is 0 Å². The first-order valence-corrected chi connectivity index (χ1v) is 7.02. The normalized spacial score (nSPS) is 20.6. The van der Waals surface area contributed by atoms with Crippen LogP contribution < -0.4 is 10.6 Å². The van der Waals surface area contributed by atoms with E-state index in [-0.39, 0.29) is 0 Å². The lowest BCUT2D eigenvalue weighted by molar-refractivity contribution is 0.414. The van der Waals surface area contributed by atoms with Crippen molar-refractivity contribution in [2.45, 2.75) is 25.3 Å². The van der Waals surface area contributed by atoms with Crippen molar-refractivity contribution in [3.05, 3.63) is 24.3 Å². The van der Waals surface area contributed by atoms with Crippen LogP contribution in [0.2, 0.25) is 0 Å². The van der Waals surface area contributed by atoms with Gasteiger partial charge in [-0.1, -0.05) is 18.6 Å². The average Bonchev–Trinajstić information content (AvgIpc) is 2.81. The van der Waals surface area contributed by atoms with Crippen LogP contribution in [-0.2, 0) is 0 Å². The molecule has 4 heteroatoms. The summed E-state index contributed by atoms with van der Waals surface area (Å²) in [6.07, 6.45) is 3.95. The topological polar surface area (TPSA) is 37.0 Å². The van der Waals surface area contributed by atoms with E-state index in [4.69, 9.17) is 0 Å². The molecule has 3 rings (SSSR count). The van der Waals surface area contributed by atoms with E-state index in [1.165, 1.54) is 29.6 Å². The Hall–Kier alpha value is -1.13. The number of fused-ring (bicyclic) bond motifs is 1. The van der Waals surface area contributed by atoms with Crippen molar-refractivity contribution in [1.29, 1.82) is 0 Å². The SMILES string of the molecule is c1ccc2c(NCC3CCCCN3)snc2c1. The molecule has 17 heavy (non-hydrogen) atoms. The van der Waals surface area contributed by atoms with Gasteiger partial charge in [0.1, 0.15) is 5.00 Å². The summed E-state index contributed by atoms with van der Waals surface area (Å²) in [5, 5.41) is 9.53. The summed E-state index contributed by atoms with van der Waals surface area (Å²) in [4.78, 5) is 0. The highest BCUT2D eigenvalue weighted by atomic mass is 32.1. The molecular weight excluding hydrogens is 230 g/mol. The summed E-state index contributed by atoms with van der Waals surface area (Å²) in [6, 6.07) is 8.92. The Labute approximate surface area is 105 Å². The largest absolute Gasteiger partial charge is 0.374 e. The van der Waals surface area contributed by atoms with Gasteiger partial charge in [0.2, 0.25) is 0 Å². The van der Waals surface area contributed by atoms with Gasteiger partial charge in [0.15, 0.2) is 0 Å². The van der Waals surface area contributed by atoms with Gasteiger partial charge in [-0.25, -0.2) is 0 Å². The molecule has 3 nitrogen and oxygen atoms in total. The molecular formula is C13H17N3S. The second kappa shape index (κ2) is 5.02. The highest BCUT2D eigenvalue weighted by molar-refractivity contribution is 7.11. The van der Waals surface area contributed by atoms with Crippen LogP contribution in [0, 0.1) is 0 Å². The fraction of sp³-hybridized carbons (Fsp3) is 0.462. The van der Waals surface area contributed by atoms with Crippen molar-refractivity contribution < 1.29 is 0 Å². The van der Waals surface area contributed by atoms with Crippen molar-refractivity contribution in [3.8, 4) is 0 Å². The van der Waals surface area contributed by atoms with Gasteiger partial charge in [-0.05, 0) is 43.1 Å². The lowest BCUT2D eigenvalue weighted by atomic mass is 10.1. The Morgan fingerprint density at radius 1 is 1.35 bits per heavy atom. The van der Waals surface area contributed by atoms with Gasteiger partial charge < -0.3 is 10.6 Å². The summed E-state index contributed by atoms with van der Waals surface area (Å²) < 4.78 is 4.44. The number of benzene rings is 1. The van der Waals surface area contributed by atoms with Gasteiger partial charge in [0.05, 0.1) is 5.52 Å². The van der Waals surface area contributed by atoms with Gasteiger partial charge in [-0.3, -0.25) is 0 Å². The van der Waals surface area contributed by atoms with Gasteiger partial charge in [-0.2, -0.15) is 4.37 Å². The van der Waals surface area contributed by atoms with Crippen LogP contribution in [0.4, 0.5) is 5.00 Å². The Bertz CT molecular complexity index is 488. The zero-order chi connectivity index (χ0) is 11.5. The Morgan fingerprint density at radius 2 is 2.29 bits per heavy atom. The van der Waals surface area contributed by atoms with Crippen LogP contribution in [0.3, 0.4) is 0 Å². The van der Waals surface area contributed by atoms with E-state index >= 15 is 0 Å². The molecule has 1 aliphatic heterocycles. The Kier molecular flexibility index (Phi) is 3.25. The van der Waals surface area contributed by atoms with E-state index in [0.717, 1.165) is 18.6 Å². The highest BCUT2D eigenvalue weighted by Crippen LogP contribution is 2.27. The minimum Gasteiger partial charge on any atom is -0.374 e. The molecule has 1 aromatic heterocycles. The third-order valence-electron chi connectivity index (χ3n) is 3.31. The number of hydrogen-bond donors (Lipinski definition) is 2. The Morgan fingerprint density at radius 3 is 3.18 bits per heavy atom. The Balaban J connectivity index is 1.68. The second-order valence-corrected chi connectivity index (χ2v) is 5.33. The van der Waals surface area contributed by atoms with Crippen LogP contribution in [0.15, 0.2) is 24.3 Å². The summed E-state index contributed by atoms with van der Waals surface area (Å²) in [5.41, 5.74) is 1.09. The molecule has 0 bridgehead atoms. The molecule has 0 radical (unpaired) electrons. The lowest BCUT2D eigenvalue weighted by Crippen LogP contribution is -2.39. The van der Waals surface area contributed by atoms with Crippen LogP contribution in [0.5, 0.6) is 0 Å². The van der Waals surface area contributed by atoms with E-state index in [1.54, 1.807) is 11.5 Å². The molecule has 1 saturated heterocycles. The van der Waals surface area contributed by atoms with Crippen LogP contribution in [0.25, 0.3) is 10.9 Å². The minimum atomic E-state index is 0.615. The first-order chi connectivity index (χ1) is 8.43. The van der Waals surface area contributed by atoms with E-state index < -0.39 is 0 Å². The van der Waals surface area contributed by atoms with E-state index in [1.807, 2.05) is 6.07 Å². The van der Waals surface area contributed by atoms with Crippen molar-refractivity contribution in [2.24, 2.45) is 0 Å². The molecule has 2 N–H and O–H groups in total. The third-order valence-corrected chi connectivity index (χ3v) is 4.14. The molecule has 90 valence electrons. The molecule has 1 unspecified atom stereocenters. The quantitative estimate of drug-likeness (QED) is 0.875. The smallest absolute Gasteiger partial charge is 0.117 e. The van der Waals surface area contributed by atoms with Crippen molar-refractivity contribution in [1.82, 2.24) is 9.69 Å². The molecule has 1 fully saturated rings. The average molecular weight is 247 g/mol. The zero-order valence-corrected chi connectivity index (χ0v) is 10.6. The summed E-state index contributed by atoms with van der Waals surface area (Å²) in [7, 11) is 0. The lowest BCUT2D eigenvalue weighted by Gasteiger charge is -2.23. The maximum Gasteiger partial charge on any atom is 0.117 e. The van der Waals surface area contributed by atoms with E-state index in [9.17, 15) is 0 Å². The molecule has 2 aromatic rings. The van der Waals surface area contributed by atoms with Gasteiger partial charge in [0, 0.05) is 18.0 Å². The number of anilines is 1. The van der Waals surface area contributed by atoms with Crippen molar-refractivity contribution in [3.63, 3.8) is 0 Å². The van der Waals surface area contributed by atoms with E-state index in [0.29, 0.717) is 6.04 Å². The van der Waals surface area contributed by atoms with Crippen LogP contribution >= 0.6 is 11.5 Å². The number of piperidine rings is 1. The first kappa shape index (κ1) is 11.0. The van der Waals surface area contributed by atoms with E-state index in [2.05, 4.69) is 33.2 Å². The standard InChI is InChI=1S/C13H17N3S/c1-2-7-12-11(6-1)13(17-16-12)15-9-10-5-3-4-8-14-10/h1-2,6-7,10,14-15H,3-5,8-9H2. The summed E-state index contributed by atoms with van der Waals surface area (Å²) in [5.74, 6) is 0. The molecule has 0 spiro atoms. The van der Waals surface area contributed by atoms with Crippen molar-refractivity contribution >= 4 is 27.4 Å². The number of hydrogen-bond acceptors (Lipinski definition) is 4. The fourth-order valence-corrected chi connectivity index (χ4v) is 3.10. The molecule has 1 atom stereocenters. The molecule has 0 saturated carbocycles. The zero-order valence-electron chi connectivity index (χ0n) is 9.78. The maximum absolute atomic E-state index is 4.44. The minimum absolute atomic E-state index is 0.615. The molecule has 1 aromatic carbocycles. The molecule has 0 amide bonds. The monoisotopic (exact) mass is 247 g/mol. The summed E-state index contributed by atoms with van der Waals surface area (Å²) in [6.45, 7) is 2.17. The van der Waals surface area contributed by atoms with Gasteiger partial charge >= 0.3 is 0 Å². The predicted octanol–water partition coefficient (Wildman–Crippen LogP) is 2.85. The number of nitrogens with zero attached hydrogens (tertiary/aromatic N) is 1. The first-order valence-electron chi connectivity index (χ1n) is 6.25. The fourth-order valence-electron chi connectivity index (χ4n) is 2.33. The number of nitrogens with one attached hydrogen (secondary N) is 2. The molecule has 2 heterocycles. The maximum atomic E-state index is 4.44.